The summed E-state index contributed by atoms with van der Waals surface area (Å²) in [7, 11) is 0. The van der Waals surface area contributed by atoms with Gasteiger partial charge in [0.15, 0.2) is 5.52 Å². The summed E-state index contributed by atoms with van der Waals surface area (Å²) in [4.78, 5) is 17.1. The van der Waals surface area contributed by atoms with Crippen molar-refractivity contribution in [3.05, 3.63) is 46.9 Å². The molecular formula is C16H14N6O2S. The van der Waals surface area contributed by atoms with Crippen molar-refractivity contribution in [1.29, 1.82) is 0 Å². The molecule has 1 aromatic carbocycles. The van der Waals surface area contributed by atoms with Crippen LogP contribution in [-0.2, 0) is 0 Å². The van der Waals surface area contributed by atoms with Gasteiger partial charge in [-0.15, -0.1) is 15.3 Å². The van der Waals surface area contributed by atoms with Crippen LogP contribution in [0.1, 0.15) is 6.92 Å². The van der Waals surface area contributed by atoms with E-state index in [9.17, 15) is 4.79 Å². The van der Waals surface area contributed by atoms with Crippen molar-refractivity contribution < 1.29 is 4.74 Å². The SMILES string of the molecule is CCOc1ccc(-n2ccc3c(nnc4nc(SC)nn43)c2=O)cc1. The van der Waals surface area contributed by atoms with Crippen LogP contribution < -0.4 is 10.3 Å². The molecule has 0 fully saturated rings. The van der Waals surface area contributed by atoms with Gasteiger partial charge in [-0.25, -0.2) is 0 Å². The highest BCUT2D eigenvalue weighted by Gasteiger charge is 2.13. The molecule has 9 heteroatoms. The molecule has 0 saturated carbocycles. The Balaban J connectivity index is 1.87. The van der Waals surface area contributed by atoms with Crippen LogP contribution >= 0.6 is 11.8 Å². The summed E-state index contributed by atoms with van der Waals surface area (Å²) < 4.78 is 8.49. The van der Waals surface area contributed by atoms with Gasteiger partial charge in [-0.1, -0.05) is 11.8 Å². The van der Waals surface area contributed by atoms with Crippen LogP contribution in [0.4, 0.5) is 0 Å². The second-order valence-electron chi connectivity index (χ2n) is 5.16. The van der Waals surface area contributed by atoms with Gasteiger partial charge in [0.1, 0.15) is 11.3 Å². The summed E-state index contributed by atoms with van der Waals surface area (Å²) in [6.07, 6.45) is 3.57. The summed E-state index contributed by atoms with van der Waals surface area (Å²) in [5, 5.41) is 13.0. The average Bonchev–Trinajstić information content (AvgIpc) is 3.07. The molecule has 0 aliphatic carbocycles. The van der Waals surface area contributed by atoms with Crippen molar-refractivity contribution in [2.45, 2.75) is 12.1 Å². The maximum absolute atomic E-state index is 12.8. The monoisotopic (exact) mass is 354 g/mol. The van der Waals surface area contributed by atoms with Gasteiger partial charge in [0, 0.05) is 11.9 Å². The second kappa shape index (κ2) is 6.17. The minimum absolute atomic E-state index is 0.237. The van der Waals surface area contributed by atoms with E-state index in [0.717, 1.165) is 11.4 Å². The van der Waals surface area contributed by atoms with Crippen LogP contribution in [0.2, 0.25) is 0 Å². The number of hydrogen-bond donors (Lipinski definition) is 0. The van der Waals surface area contributed by atoms with E-state index in [2.05, 4.69) is 20.3 Å². The highest BCUT2D eigenvalue weighted by atomic mass is 32.2. The molecule has 0 bridgehead atoms. The summed E-state index contributed by atoms with van der Waals surface area (Å²) in [5.41, 5.74) is 1.27. The molecular weight excluding hydrogens is 340 g/mol. The van der Waals surface area contributed by atoms with Crippen molar-refractivity contribution in [2.75, 3.05) is 12.9 Å². The first-order valence-corrected chi connectivity index (χ1v) is 8.86. The molecule has 0 unspecified atom stereocenters. The first-order valence-electron chi connectivity index (χ1n) is 7.63. The molecule has 0 radical (unpaired) electrons. The molecule has 3 aromatic heterocycles. The predicted octanol–water partition coefficient (Wildman–Crippen LogP) is 1.94. The summed E-state index contributed by atoms with van der Waals surface area (Å²) in [6, 6.07) is 9.09. The third-order valence-corrected chi connectivity index (χ3v) is 4.23. The smallest absolute Gasteiger partial charge is 0.285 e. The first kappa shape index (κ1) is 15.6. The Bertz CT molecular complexity index is 1120. The number of aromatic nitrogens is 6. The molecule has 25 heavy (non-hydrogen) atoms. The van der Waals surface area contributed by atoms with E-state index in [1.165, 1.54) is 20.8 Å². The van der Waals surface area contributed by atoms with Crippen molar-refractivity contribution in [1.82, 2.24) is 29.4 Å². The van der Waals surface area contributed by atoms with E-state index < -0.39 is 0 Å². The Morgan fingerprint density at radius 3 is 2.68 bits per heavy atom. The first-order chi connectivity index (χ1) is 12.2. The van der Waals surface area contributed by atoms with E-state index in [4.69, 9.17) is 4.74 Å². The zero-order valence-electron chi connectivity index (χ0n) is 13.6. The molecule has 0 aliphatic heterocycles. The third-order valence-electron chi connectivity index (χ3n) is 3.69. The summed E-state index contributed by atoms with van der Waals surface area (Å²) in [5.74, 6) is 1.13. The minimum atomic E-state index is -0.266. The van der Waals surface area contributed by atoms with Gasteiger partial charge in [-0.2, -0.15) is 9.50 Å². The standard InChI is InChI=1S/C16H14N6O2S/c1-3-24-11-6-4-10(5-7-11)21-9-8-12-13(14(21)23)18-19-15-17-16(25-2)20-22(12)15/h4-9H,3H2,1-2H3. The zero-order valence-corrected chi connectivity index (χ0v) is 14.4. The number of hydrogen-bond acceptors (Lipinski definition) is 7. The number of pyridine rings is 1. The Morgan fingerprint density at radius 2 is 1.96 bits per heavy atom. The molecule has 3 heterocycles. The highest BCUT2D eigenvalue weighted by molar-refractivity contribution is 7.98. The Morgan fingerprint density at radius 1 is 1.16 bits per heavy atom. The van der Waals surface area contributed by atoms with Crippen LogP contribution in [0.15, 0.2) is 46.5 Å². The molecule has 0 saturated heterocycles. The molecule has 8 nitrogen and oxygen atoms in total. The lowest BCUT2D eigenvalue weighted by Crippen LogP contribution is -2.20. The quantitative estimate of drug-likeness (QED) is 0.518. The lowest BCUT2D eigenvalue weighted by molar-refractivity contribution is 0.340. The minimum Gasteiger partial charge on any atom is -0.494 e. The number of benzene rings is 1. The highest BCUT2D eigenvalue weighted by Crippen LogP contribution is 2.16. The number of rotatable bonds is 4. The fourth-order valence-corrected chi connectivity index (χ4v) is 2.88. The zero-order chi connectivity index (χ0) is 17.4. The van der Waals surface area contributed by atoms with Gasteiger partial charge in [0.25, 0.3) is 11.3 Å². The van der Waals surface area contributed by atoms with E-state index in [-0.39, 0.29) is 11.1 Å². The molecule has 0 aliphatic rings. The second-order valence-corrected chi connectivity index (χ2v) is 5.94. The summed E-state index contributed by atoms with van der Waals surface area (Å²) in [6.45, 7) is 2.52. The topological polar surface area (TPSA) is 87.2 Å². The third kappa shape index (κ3) is 2.62. The molecule has 4 aromatic rings. The fraction of sp³-hybridized carbons (Fsp3) is 0.188. The van der Waals surface area contributed by atoms with Crippen molar-refractivity contribution in [3.63, 3.8) is 0 Å². The lowest BCUT2D eigenvalue weighted by atomic mass is 10.3. The van der Waals surface area contributed by atoms with E-state index in [1.54, 1.807) is 12.3 Å². The van der Waals surface area contributed by atoms with Gasteiger partial charge >= 0.3 is 0 Å². The number of fused-ring (bicyclic) bond motifs is 3. The van der Waals surface area contributed by atoms with Gasteiger partial charge in [-0.05, 0) is 43.5 Å². The van der Waals surface area contributed by atoms with E-state index in [0.29, 0.717) is 23.1 Å². The maximum Gasteiger partial charge on any atom is 0.285 e. The largest absolute Gasteiger partial charge is 0.494 e. The molecule has 0 amide bonds. The van der Waals surface area contributed by atoms with Crippen molar-refractivity contribution in [2.24, 2.45) is 0 Å². The van der Waals surface area contributed by atoms with Crippen LogP contribution in [0.5, 0.6) is 5.75 Å². The Hall–Kier alpha value is -2.94. The Kier molecular flexibility index (Phi) is 3.85. The van der Waals surface area contributed by atoms with Crippen LogP contribution in [0.25, 0.3) is 22.5 Å². The molecule has 0 N–H and O–H groups in total. The van der Waals surface area contributed by atoms with Gasteiger partial charge < -0.3 is 4.74 Å². The van der Waals surface area contributed by atoms with E-state index >= 15 is 0 Å². The van der Waals surface area contributed by atoms with E-state index in [1.807, 2.05) is 37.4 Å². The number of thioether (sulfide) groups is 1. The van der Waals surface area contributed by atoms with Gasteiger partial charge in [0.05, 0.1) is 6.61 Å². The van der Waals surface area contributed by atoms with Crippen LogP contribution in [-0.4, -0.2) is 42.2 Å². The molecule has 126 valence electrons. The maximum atomic E-state index is 12.8. The number of ether oxygens (including phenoxy) is 1. The van der Waals surface area contributed by atoms with Gasteiger partial charge in [0.2, 0.25) is 5.16 Å². The lowest BCUT2D eigenvalue weighted by Gasteiger charge is -2.08. The predicted molar refractivity (Wildman–Crippen MR) is 94.6 cm³/mol. The molecule has 0 spiro atoms. The van der Waals surface area contributed by atoms with Gasteiger partial charge in [-0.3, -0.25) is 9.36 Å². The molecule has 0 atom stereocenters. The van der Waals surface area contributed by atoms with Crippen LogP contribution in [0.3, 0.4) is 0 Å². The fourth-order valence-electron chi connectivity index (χ4n) is 2.55. The van der Waals surface area contributed by atoms with Crippen molar-refractivity contribution >= 4 is 28.6 Å². The molecule has 4 rings (SSSR count). The van der Waals surface area contributed by atoms with Crippen molar-refractivity contribution in [3.8, 4) is 11.4 Å². The summed E-state index contributed by atoms with van der Waals surface area (Å²) >= 11 is 1.41. The Labute approximate surface area is 146 Å². The normalized spacial score (nSPS) is 11.3. The number of nitrogens with zero attached hydrogens (tertiary/aromatic N) is 6. The average molecular weight is 354 g/mol. The van der Waals surface area contributed by atoms with Crippen LogP contribution in [0, 0.1) is 0 Å².